The summed E-state index contributed by atoms with van der Waals surface area (Å²) < 4.78 is 39.2. The second kappa shape index (κ2) is 8.82. The van der Waals surface area contributed by atoms with Crippen LogP contribution in [0.3, 0.4) is 0 Å². The Kier molecular flexibility index (Phi) is 6.42. The molecule has 0 saturated heterocycles. The number of hydrazine groups is 1. The van der Waals surface area contributed by atoms with E-state index in [2.05, 4.69) is 5.43 Å². The molecule has 158 valence electrons. The maximum atomic E-state index is 13.9. The van der Waals surface area contributed by atoms with Crippen molar-refractivity contribution < 1.29 is 23.0 Å². The molecule has 0 fully saturated rings. The van der Waals surface area contributed by atoms with E-state index < -0.39 is 6.43 Å². The molecular weight excluding hydrogens is 380 g/mol. The number of alkyl halides is 2. The molecule has 0 aliphatic carbocycles. The van der Waals surface area contributed by atoms with E-state index in [1.165, 1.54) is 18.0 Å². The van der Waals surface area contributed by atoms with Crippen molar-refractivity contribution in [1.82, 2.24) is 10.4 Å². The Morgan fingerprint density at radius 3 is 2.83 bits per heavy atom. The molecule has 6 nitrogen and oxygen atoms in total. The standard InChI is InChI=1S/C21H27F2N3O3/c1-12(2)8-15(24)11-28-18-5-4-16-17-9-26(25-13(3)27)7-6-14(17)10-29-20(16)19(18)21(22)23/h4-7,9,12,14-15,21H,8,10-11,24H2,1-3H3,(H,25,27)/t14?,15-/m0/s1. The highest BCUT2D eigenvalue weighted by Gasteiger charge is 2.32. The molecule has 3 rings (SSSR count). The Morgan fingerprint density at radius 2 is 2.17 bits per heavy atom. The molecule has 1 aromatic rings. The predicted molar refractivity (Wildman–Crippen MR) is 106 cm³/mol. The van der Waals surface area contributed by atoms with Gasteiger partial charge in [0, 0.05) is 36.8 Å². The Hall–Kier alpha value is -2.61. The lowest BCUT2D eigenvalue weighted by atomic mass is 9.88. The van der Waals surface area contributed by atoms with E-state index in [1.54, 1.807) is 18.5 Å². The molecular formula is C21H27F2N3O3. The van der Waals surface area contributed by atoms with Gasteiger partial charge in [0.25, 0.3) is 6.43 Å². The summed E-state index contributed by atoms with van der Waals surface area (Å²) in [7, 11) is 0. The van der Waals surface area contributed by atoms with Crippen LogP contribution >= 0.6 is 0 Å². The van der Waals surface area contributed by atoms with Gasteiger partial charge in [0.2, 0.25) is 5.91 Å². The highest BCUT2D eigenvalue weighted by Crippen LogP contribution is 2.47. The molecule has 2 aliphatic heterocycles. The third-order valence-corrected chi connectivity index (χ3v) is 4.76. The first-order valence-electron chi connectivity index (χ1n) is 9.68. The van der Waals surface area contributed by atoms with Gasteiger partial charge < -0.3 is 15.2 Å². The fourth-order valence-corrected chi connectivity index (χ4v) is 3.60. The van der Waals surface area contributed by atoms with Crippen molar-refractivity contribution in [3.8, 4) is 11.5 Å². The summed E-state index contributed by atoms with van der Waals surface area (Å²) in [6, 6.07) is 3.02. The molecule has 2 heterocycles. The normalized spacial score (nSPS) is 18.7. The number of ether oxygens (including phenoxy) is 2. The van der Waals surface area contributed by atoms with Gasteiger partial charge in [-0.2, -0.15) is 0 Å². The number of hydrogen-bond donors (Lipinski definition) is 2. The summed E-state index contributed by atoms with van der Waals surface area (Å²) >= 11 is 0. The smallest absolute Gasteiger partial charge is 0.271 e. The van der Waals surface area contributed by atoms with E-state index in [0.29, 0.717) is 11.5 Å². The monoisotopic (exact) mass is 407 g/mol. The van der Waals surface area contributed by atoms with Crippen molar-refractivity contribution in [3.63, 3.8) is 0 Å². The van der Waals surface area contributed by atoms with Crippen molar-refractivity contribution in [2.24, 2.45) is 17.6 Å². The van der Waals surface area contributed by atoms with Crippen molar-refractivity contribution in [3.05, 3.63) is 41.7 Å². The number of carbonyl (C=O) groups is 1. The highest BCUT2D eigenvalue weighted by atomic mass is 19.3. The lowest BCUT2D eigenvalue weighted by Gasteiger charge is -2.33. The summed E-state index contributed by atoms with van der Waals surface area (Å²) in [6.45, 7) is 5.88. The van der Waals surface area contributed by atoms with E-state index in [4.69, 9.17) is 15.2 Å². The Labute approximate surface area is 169 Å². The van der Waals surface area contributed by atoms with Gasteiger partial charge in [-0.1, -0.05) is 19.9 Å². The molecule has 0 aromatic heterocycles. The Bertz CT molecular complexity index is 824. The fraction of sp³-hybridized carbons (Fsp3) is 0.476. The van der Waals surface area contributed by atoms with Gasteiger partial charge in [-0.25, -0.2) is 8.78 Å². The Balaban J connectivity index is 1.90. The van der Waals surface area contributed by atoms with E-state index in [1.807, 2.05) is 19.9 Å². The molecule has 0 spiro atoms. The summed E-state index contributed by atoms with van der Waals surface area (Å²) in [5.74, 6) is 0.290. The summed E-state index contributed by atoms with van der Waals surface area (Å²) in [5.41, 5.74) is 9.77. The number of fused-ring (bicyclic) bond motifs is 3. The second-order valence-electron chi connectivity index (χ2n) is 7.77. The van der Waals surface area contributed by atoms with Crippen LogP contribution in [0.1, 0.15) is 44.7 Å². The first kappa shape index (κ1) is 21.1. The first-order valence-corrected chi connectivity index (χ1v) is 9.68. The minimum absolute atomic E-state index is 0.0794. The van der Waals surface area contributed by atoms with E-state index >= 15 is 0 Å². The van der Waals surface area contributed by atoms with Crippen LogP contribution in [0.4, 0.5) is 8.78 Å². The predicted octanol–water partition coefficient (Wildman–Crippen LogP) is 3.61. The van der Waals surface area contributed by atoms with Gasteiger partial charge in [0.05, 0.1) is 6.61 Å². The van der Waals surface area contributed by atoms with Gasteiger partial charge in [0.1, 0.15) is 23.7 Å². The van der Waals surface area contributed by atoms with Crippen LogP contribution in [-0.2, 0) is 4.79 Å². The molecule has 2 aliphatic rings. The summed E-state index contributed by atoms with van der Waals surface area (Å²) in [6.07, 6.45) is 3.29. The van der Waals surface area contributed by atoms with Crippen LogP contribution in [0.5, 0.6) is 11.5 Å². The molecule has 1 amide bonds. The topological polar surface area (TPSA) is 76.8 Å². The second-order valence-corrected chi connectivity index (χ2v) is 7.77. The lowest BCUT2D eigenvalue weighted by Crippen LogP contribution is -2.36. The third-order valence-electron chi connectivity index (χ3n) is 4.76. The molecule has 0 bridgehead atoms. The molecule has 29 heavy (non-hydrogen) atoms. The van der Waals surface area contributed by atoms with Crippen LogP contribution in [0.15, 0.2) is 30.6 Å². The quantitative estimate of drug-likeness (QED) is 0.722. The maximum absolute atomic E-state index is 13.9. The van der Waals surface area contributed by atoms with Crippen molar-refractivity contribution in [2.45, 2.75) is 39.7 Å². The molecule has 1 aromatic carbocycles. The van der Waals surface area contributed by atoms with E-state index in [9.17, 15) is 13.6 Å². The van der Waals surface area contributed by atoms with Gasteiger partial charge >= 0.3 is 0 Å². The number of nitrogens with two attached hydrogens (primary N) is 1. The van der Waals surface area contributed by atoms with Gasteiger partial charge in [-0.15, -0.1) is 0 Å². The number of amides is 1. The molecule has 1 unspecified atom stereocenters. The zero-order valence-corrected chi connectivity index (χ0v) is 16.8. The van der Waals surface area contributed by atoms with Gasteiger partial charge in [-0.05, 0) is 30.0 Å². The number of benzene rings is 1. The average molecular weight is 407 g/mol. The van der Waals surface area contributed by atoms with Gasteiger partial charge in [0.15, 0.2) is 0 Å². The largest absolute Gasteiger partial charge is 0.491 e. The van der Waals surface area contributed by atoms with Crippen LogP contribution in [-0.4, -0.2) is 30.2 Å². The third kappa shape index (κ3) is 4.87. The zero-order valence-electron chi connectivity index (χ0n) is 16.8. The number of nitrogens with one attached hydrogen (secondary N) is 1. The zero-order chi connectivity index (χ0) is 21.1. The van der Waals surface area contributed by atoms with Crippen LogP contribution < -0.4 is 20.6 Å². The number of carbonyl (C=O) groups excluding carboxylic acids is 1. The van der Waals surface area contributed by atoms with Crippen molar-refractivity contribution in [1.29, 1.82) is 0 Å². The van der Waals surface area contributed by atoms with Gasteiger partial charge in [-0.3, -0.25) is 15.2 Å². The molecule has 3 N–H and O–H groups in total. The first-order chi connectivity index (χ1) is 13.8. The summed E-state index contributed by atoms with van der Waals surface area (Å²) in [4.78, 5) is 11.3. The molecule has 0 radical (unpaired) electrons. The van der Waals surface area contributed by atoms with Crippen molar-refractivity contribution >= 4 is 11.5 Å². The maximum Gasteiger partial charge on any atom is 0.271 e. The van der Waals surface area contributed by atoms with Crippen LogP contribution in [0, 0.1) is 11.8 Å². The number of hydrogen-bond acceptors (Lipinski definition) is 5. The SMILES string of the molecule is CC(=O)NN1C=CC2COc3c(ccc(OC[C@@H](N)CC(C)C)c3C(F)F)C2=C1. The van der Waals surface area contributed by atoms with Crippen LogP contribution in [0.25, 0.3) is 5.57 Å². The minimum atomic E-state index is -2.76. The fourth-order valence-electron chi connectivity index (χ4n) is 3.60. The van der Waals surface area contributed by atoms with E-state index in [-0.39, 0.29) is 48.1 Å². The Morgan fingerprint density at radius 1 is 1.41 bits per heavy atom. The van der Waals surface area contributed by atoms with E-state index in [0.717, 1.165) is 12.0 Å². The minimum Gasteiger partial charge on any atom is -0.491 e. The van der Waals surface area contributed by atoms with Crippen molar-refractivity contribution in [2.75, 3.05) is 13.2 Å². The lowest BCUT2D eigenvalue weighted by molar-refractivity contribution is -0.121. The number of halogens is 2. The number of nitrogens with zero attached hydrogens (tertiary/aromatic N) is 1. The summed E-state index contributed by atoms with van der Waals surface area (Å²) in [5, 5.41) is 1.51. The average Bonchev–Trinajstić information content (AvgIpc) is 2.64. The molecule has 8 heteroatoms. The molecule has 2 atom stereocenters. The van der Waals surface area contributed by atoms with Crippen LogP contribution in [0.2, 0.25) is 0 Å². The highest BCUT2D eigenvalue weighted by molar-refractivity contribution is 5.79. The number of rotatable bonds is 7. The molecule has 0 saturated carbocycles.